The molecule has 0 aromatic carbocycles. The summed E-state index contributed by atoms with van der Waals surface area (Å²) in [6.45, 7) is 5.98. The fourth-order valence-electron chi connectivity index (χ4n) is 0.793. The van der Waals surface area contributed by atoms with Gasteiger partial charge in [-0.25, -0.2) is 9.78 Å². The lowest BCUT2D eigenvalue weighted by Crippen LogP contribution is -2.05. The van der Waals surface area contributed by atoms with Crippen molar-refractivity contribution >= 4 is 8.41 Å². The van der Waals surface area contributed by atoms with Crippen LogP contribution in [-0.4, -0.2) is 21.6 Å². The Kier molecular flexibility index (Phi) is 16.4. The standard InChI is InChI=1S/C5H12.C4H8O2.BH3/c1-3-5-4-2;1-2-4-6-5-3-1;/h3-5H2,1-2H3;1-4H2;1H3. The molecule has 0 aromatic rings. The molecule has 1 aliphatic rings. The average molecular weight is 174 g/mol. The van der Waals surface area contributed by atoms with Gasteiger partial charge in [0.25, 0.3) is 0 Å². The molecule has 0 aliphatic carbocycles. The van der Waals surface area contributed by atoms with E-state index in [9.17, 15) is 0 Å². The molecule has 12 heavy (non-hydrogen) atoms. The second-order valence-corrected chi connectivity index (χ2v) is 2.70. The van der Waals surface area contributed by atoms with Gasteiger partial charge >= 0.3 is 0 Å². The quantitative estimate of drug-likeness (QED) is 0.469. The first-order valence-corrected chi connectivity index (χ1v) is 4.66. The summed E-state index contributed by atoms with van der Waals surface area (Å²) in [5.74, 6) is 0. The summed E-state index contributed by atoms with van der Waals surface area (Å²) in [5.41, 5.74) is 0. The first-order valence-electron chi connectivity index (χ1n) is 4.66. The molecule has 0 unspecified atom stereocenters. The third kappa shape index (κ3) is 12.6. The van der Waals surface area contributed by atoms with Gasteiger partial charge in [0, 0.05) is 0 Å². The average Bonchev–Trinajstić information content (AvgIpc) is 2.10. The van der Waals surface area contributed by atoms with Gasteiger partial charge < -0.3 is 0 Å². The minimum atomic E-state index is 0. The molecule has 0 aromatic heterocycles. The zero-order valence-corrected chi connectivity index (χ0v) is 7.77. The molecule has 1 saturated heterocycles. The minimum absolute atomic E-state index is 0. The largest absolute Gasteiger partial charge is 0.237 e. The van der Waals surface area contributed by atoms with Crippen LogP contribution in [-0.2, 0) is 9.78 Å². The molecule has 1 fully saturated rings. The molecular formula is C9H23BO2. The highest BCUT2D eigenvalue weighted by atomic mass is 17.2. The Morgan fingerprint density at radius 2 is 1.33 bits per heavy atom. The highest BCUT2D eigenvalue weighted by Crippen LogP contribution is 1.97. The first kappa shape index (κ1) is 14.5. The highest BCUT2D eigenvalue weighted by Gasteiger charge is 1.95. The lowest BCUT2D eigenvalue weighted by Gasteiger charge is -2.07. The minimum Gasteiger partial charge on any atom is -0.237 e. The van der Waals surface area contributed by atoms with Crippen LogP contribution in [0, 0.1) is 0 Å². The van der Waals surface area contributed by atoms with Crippen LogP contribution in [0.2, 0.25) is 0 Å². The molecule has 1 aliphatic heterocycles. The van der Waals surface area contributed by atoms with Crippen molar-refractivity contribution in [2.24, 2.45) is 0 Å². The van der Waals surface area contributed by atoms with Crippen LogP contribution in [0.25, 0.3) is 0 Å². The van der Waals surface area contributed by atoms with Gasteiger partial charge in [-0.05, 0) is 12.8 Å². The topological polar surface area (TPSA) is 18.5 Å². The van der Waals surface area contributed by atoms with Crippen molar-refractivity contribution in [2.75, 3.05) is 13.2 Å². The first-order chi connectivity index (χ1) is 5.41. The summed E-state index contributed by atoms with van der Waals surface area (Å²) < 4.78 is 0. The van der Waals surface area contributed by atoms with Crippen molar-refractivity contribution in [3.63, 3.8) is 0 Å². The molecule has 0 amide bonds. The Bertz CT molecular complexity index is 52.0. The van der Waals surface area contributed by atoms with Crippen LogP contribution in [0.15, 0.2) is 0 Å². The lowest BCUT2D eigenvalue weighted by atomic mass is 10.3. The maximum absolute atomic E-state index is 4.57. The Morgan fingerprint density at radius 3 is 1.42 bits per heavy atom. The molecule has 74 valence electrons. The van der Waals surface area contributed by atoms with E-state index in [1.807, 2.05) is 0 Å². The summed E-state index contributed by atoms with van der Waals surface area (Å²) in [6.07, 6.45) is 6.38. The van der Waals surface area contributed by atoms with Gasteiger partial charge in [-0.15, -0.1) is 0 Å². The molecule has 0 bridgehead atoms. The van der Waals surface area contributed by atoms with Crippen molar-refractivity contribution in [1.29, 1.82) is 0 Å². The van der Waals surface area contributed by atoms with Gasteiger partial charge in [0.1, 0.15) is 0 Å². The number of unbranched alkanes of at least 4 members (excludes halogenated alkanes) is 2. The smallest absolute Gasteiger partial charge is 0.0823 e. The normalized spacial score (nSPS) is 15.5. The van der Waals surface area contributed by atoms with E-state index in [1.165, 1.54) is 19.3 Å². The fourth-order valence-corrected chi connectivity index (χ4v) is 0.793. The Hall–Kier alpha value is -0.0151. The van der Waals surface area contributed by atoms with Crippen LogP contribution >= 0.6 is 0 Å². The maximum atomic E-state index is 4.57. The number of hydrogen-bond acceptors (Lipinski definition) is 2. The van der Waals surface area contributed by atoms with E-state index >= 15 is 0 Å². The maximum Gasteiger partial charge on any atom is 0.0823 e. The van der Waals surface area contributed by atoms with Gasteiger partial charge in [0.15, 0.2) is 0 Å². The van der Waals surface area contributed by atoms with Gasteiger partial charge in [0.05, 0.1) is 21.6 Å². The van der Waals surface area contributed by atoms with Crippen LogP contribution in [0.1, 0.15) is 46.0 Å². The van der Waals surface area contributed by atoms with E-state index in [-0.39, 0.29) is 8.41 Å². The van der Waals surface area contributed by atoms with Crippen molar-refractivity contribution < 1.29 is 9.78 Å². The zero-order valence-electron chi connectivity index (χ0n) is 7.77. The zero-order chi connectivity index (χ0) is 8.36. The monoisotopic (exact) mass is 174 g/mol. The summed E-state index contributed by atoms with van der Waals surface area (Å²) in [4.78, 5) is 9.14. The van der Waals surface area contributed by atoms with Gasteiger partial charge in [0.2, 0.25) is 0 Å². The van der Waals surface area contributed by atoms with Crippen LogP contribution in [0.4, 0.5) is 0 Å². The molecule has 1 rings (SSSR count). The fraction of sp³-hybridized carbons (Fsp3) is 1.00. The Balaban J connectivity index is 0. The molecule has 0 radical (unpaired) electrons. The van der Waals surface area contributed by atoms with E-state index in [2.05, 4.69) is 23.6 Å². The third-order valence-corrected chi connectivity index (χ3v) is 1.50. The van der Waals surface area contributed by atoms with Crippen LogP contribution in [0.5, 0.6) is 0 Å². The second-order valence-electron chi connectivity index (χ2n) is 2.70. The third-order valence-electron chi connectivity index (χ3n) is 1.50. The molecular weight excluding hydrogens is 151 g/mol. The predicted octanol–water partition coefficient (Wildman–Crippen LogP) is 1.74. The lowest BCUT2D eigenvalue weighted by molar-refractivity contribution is -0.312. The molecule has 0 saturated carbocycles. The molecule has 0 spiro atoms. The van der Waals surface area contributed by atoms with Crippen LogP contribution in [0.3, 0.4) is 0 Å². The molecule has 1 heterocycles. The molecule has 2 nitrogen and oxygen atoms in total. The number of hydrogen-bond donors (Lipinski definition) is 0. The highest BCUT2D eigenvalue weighted by molar-refractivity contribution is 5.75. The van der Waals surface area contributed by atoms with E-state index in [0.717, 1.165) is 26.1 Å². The molecule has 0 N–H and O–H groups in total. The SMILES string of the molecule is B.C1CCOOC1.CCCCC. The predicted molar refractivity (Wildman–Crippen MR) is 56.3 cm³/mol. The van der Waals surface area contributed by atoms with E-state index in [1.54, 1.807) is 0 Å². The Morgan fingerprint density at radius 1 is 0.917 bits per heavy atom. The Labute approximate surface area is 78.1 Å². The molecule has 0 atom stereocenters. The van der Waals surface area contributed by atoms with E-state index in [4.69, 9.17) is 0 Å². The van der Waals surface area contributed by atoms with E-state index in [0.29, 0.717) is 0 Å². The van der Waals surface area contributed by atoms with E-state index < -0.39 is 0 Å². The van der Waals surface area contributed by atoms with Crippen molar-refractivity contribution in [3.8, 4) is 0 Å². The van der Waals surface area contributed by atoms with Crippen molar-refractivity contribution in [2.45, 2.75) is 46.0 Å². The second kappa shape index (κ2) is 13.6. The van der Waals surface area contributed by atoms with Gasteiger partial charge in [-0.1, -0.05) is 33.1 Å². The summed E-state index contributed by atoms with van der Waals surface area (Å²) in [5, 5.41) is 0. The summed E-state index contributed by atoms with van der Waals surface area (Å²) >= 11 is 0. The van der Waals surface area contributed by atoms with Gasteiger partial charge in [-0.2, -0.15) is 0 Å². The van der Waals surface area contributed by atoms with Crippen LogP contribution < -0.4 is 0 Å². The molecule has 3 heteroatoms. The summed E-state index contributed by atoms with van der Waals surface area (Å²) in [7, 11) is 0. The van der Waals surface area contributed by atoms with Gasteiger partial charge in [-0.3, -0.25) is 0 Å². The number of rotatable bonds is 2. The summed E-state index contributed by atoms with van der Waals surface area (Å²) in [6, 6.07) is 0. The van der Waals surface area contributed by atoms with Crippen molar-refractivity contribution in [1.82, 2.24) is 0 Å². The van der Waals surface area contributed by atoms with Crippen molar-refractivity contribution in [3.05, 3.63) is 0 Å².